The van der Waals surface area contributed by atoms with E-state index in [-0.39, 0.29) is 5.91 Å². The second-order valence-electron chi connectivity index (χ2n) is 6.49. The van der Waals surface area contributed by atoms with Crippen molar-refractivity contribution in [2.45, 2.75) is 0 Å². The van der Waals surface area contributed by atoms with E-state index in [0.29, 0.717) is 18.8 Å². The van der Waals surface area contributed by atoms with Crippen LogP contribution >= 0.6 is 0 Å². The fourth-order valence-electron chi connectivity index (χ4n) is 3.16. The van der Waals surface area contributed by atoms with Crippen LogP contribution < -0.4 is 10.2 Å². The van der Waals surface area contributed by atoms with E-state index in [9.17, 15) is 4.79 Å². The maximum Gasteiger partial charge on any atom is 0.289 e. The van der Waals surface area contributed by atoms with Crippen LogP contribution in [0.25, 0.3) is 0 Å². The number of guanidine groups is 1. The first-order valence-corrected chi connectivity index (χ1v) is 9.23. The summed E-state index contributed by atoms with van der Waals surface area (Å²) in [4.78, 5) is 23.0. The van der Waals surface area contributed by atoms with Crippen molar-refractivity contribution in [3.8, 4) is 0 Å². The van der Waals surface area contributed by atoms with Crippen LogP contribution in [-0.2, 0) is 0 Å². The summed E-state index contributed by atoms with van der Waals surface area (Å²) >= 11 is 0. The molecule has 0 atom stereocenters. The second-order valence-corrected chi connectivity index (χ2v) is 6.49. The van der Waals surface area contributed by atoms with Gasteiger partial charge >= 0.3 is 0 Å². The molecule has 1 fully saturated rings. The Morgan fingerprint density at radius 2 is 1.81 bits per heavy atom. The van der Waals surface area contributed by atoms with Crippen LogP contribution in [-0.4, -0.2) is 75.0 Å². The summed E-state index contributed by atoms with van der Waals surface area (Å²) in [6.45, 7) is 4.49. The van der Waals surface area contributed by atoms with E-state index in [1.807, 2.05) is 23.1 Å². The Labute approximate surface area is 160 Å². The Kier molecular flexibility index (Phi) is 6.35. The first-order chi connectivity index (χ1) is 13.2. The lowest BCUT2D eigenvalue weighted by molar-refractivity contribution is 0.0658. The second kappa shape index (κ2) is 9.12. The summed E-state index contributed by atoms with van der Waals surface area (Å²) in [5.41, 5.74) is 1.19. The number of nitrogens with zero attached hydrogens (tertiary/aromatic N) is 4. The molecular formula is C20H27N5O2. The van der Waals surface area contributed by atoms with Gasteiger partial charge in [-0.05, 0) is 24.3 Å². The van der Waals surface area contributed by atoms with E-state index in [4.69, 9.17) is 4.42 Å². The van der Waals surface area contributed by atoms with Gasteiger partial charge in [-0.2, -0.15) is 0 Å². The van der Waals surface area contributed by atoms with Crippen molar-refractivity contribution in [1.29, 1.82) is 0 Å². The van der Waals surface area contributed by atoms with Crippen molar-refractivity contribution < 1.29 is 9.21 Å². The van der Waals surface area contributed by atoms with Gasteiger partial charge in [0.05, 0.1) is 6.26 Å². The highest BCUT2D eigenvalue weighted by Gasteiger charge is 2.25. The van der Waals surface area contributed by atoms with Crippen molar-refractivity contribution >= 4 is 17.6 Å². The number of furan rings is 1. The van der Waals surface area contributed by atoms with E-state index in [1.54, 1.807) is 19.2 Å². The Hall–Kier alpha value is -2.96. The van der Waals surface area contributed by atoms with Crippen LogP contribution in [0.4, 0.5) is 5.69 Å². The molecule has 27 heavy (non-hydrogen) atoms. The summed E-state index contributed by atoms with van der Waals surface area (Å²) in [7, 11) is 3.88. The van der Waals surface area contributed by atoms with Crippen molar-refractivity contribution in [1.82, 2.24) is 15.1 Å². The lowest BCUT2D eigenvalue weighted by Gasteiger charge is -2.36. The molecule has 1 aromatic carbocycles. The maximum absolute atomic E-state index is 12.4. The number of para-hydroxylation sites is 1. The number of carbonyl (C=O) groups is 1. The number of hydrogen-bond donors (Lipinski definition) is 1. The van der Waals surface area contributed by atoms with Gasteiger partial charge in [0, 0.05) is 59.1 Å². The lowest BCUT2D eigenvalue weighted by atomic mass is 10.3. The molecular weight excluding hydrogens is 342 g/mol. The first-order valence-electron chi connectivity index (χ1n) is 9.23. The SMILES string of the molecule is CN=C(NCCN(C)c1ccccc1)N1CCN(C(=O)c2ccco2)CC1. The molecule has 0 bridgehead atoms. The predicted molar refractivity (Wildman–Crippen MR) is 107 cm³/mol. The summed E-state index contributed by atoms with van der Waals surface area (Å²) in [6.07, 6.45) is 1.53. The van der Waals surface area contributed by atoms with Crippen molar-refractivity contribution in [3.63, 3.8) is 0 Å². The number of aliphatic imine (C=N–C) groups is 1. The van der Waals surface area contributed by atoms with Gasteiger partial charge in [-0.25, -0.2) is 0 Å². The number of likely N-dealkylation sites (N-methyl/N-ethyl adjacent to an activating group) is 1. The zero-order chi connectivity index (χ0) is 19.1. The van der Waals surface area contributed by atoms with E-state index < -0.39 is 0 Å². The topological polar surface area (TPSA) is 64.3 Å². The van der Waals surface area contributed by atoms with Gasteiger partial charge in [0.1, 0.15) is 0 Å². The van der Waals surface area contributed by atoms with Gasteiger partial charge in [-0.1, -0.05) is 18.2 Å². The van der Waals surface area contributed by atoms with Gasteiger partial charge in [-0.15, -0.1) is 0 Å². The van der Waals surface area contributed by atoms with E-state index in [0.717, 1.165) is 32.1 Å². The van der Waals surface area contributed by atoms with Gasteiger partial charge in [0.2, 0.25) is 0 Å². The molecule has 0 radical (unpaired) electrons. The van der Waals surface area contributed by atoms with Gasteiger partial charge < -0.3 is 24.4 Å². The molecule has 1 saturated heterocycles. The molecule has 0 unspecified atom stereocenters. The summed E-state index contributed by atoms with van der Waals surface area (Å²) in [5, 5.41) is 3.42. The van der Waals surface area contributed by atoms with Crippen LogP contribution in [0.1, 0.15) is 10.6 Å². The highest BCUT2D eigenvalue weighted by Crippen LogP contribution is 2.11. The number of hydrogen-bond acceptors (Lipinski definition) is 4. The Morgan fingerprint density at radius 1 is 1.11 bits per heavy atom. The number of benzene rings is 1. The van der Waals surface area contributed by atoms with Crippen LogP contribution in [0.3, 0.4) is 0 Å². The molecule has 1 amide bonds. The third-order valence-electron chi connectivity index (χ3n) is 4.74. The molecule has 0 aliphatic carbocycles. The van der Waals surface area contributed by atoms with E-state index in [1.165, 1.54) is 12.0 Å². The zero-order valence-corrected chi connectivity index (χ0v) is 16.0. The average Bonchev–Trinajstić information content (AvgIpc) is 3.26. The maximum atomic E-state index is 12.4. The molecule has 0 spiro atoms. The molecule has 1 N–H and O–H groups in total. The normalized spacial score (nSPS) is 15.0. The van der Waals surface area contributed by atoms with Crippen LogP contribution in [0.2, 0.25) is 0 Å². The number of carbonyl (C=O) groups excluding carboxylic acids is 1. The Morgan fingerprint density at radius 3 is 2.44 bits per heavy atom. The zero-order valence-electron chi connectivity index (χ0n) is 16.0. The van der Waals surface area contributed by atoms with E-state index >= 15 is 0 Å². The number of rotatable bonds is 5. The quantitative estimate of drug-likeness (QED) is 0.643. The average molecular weight is 369 g/mol. The van der Waals surface area contributed by atoms with Crippen LogP contribution in [0.5, 0.6) is 0 Å². The standard InChI is InChI=1S/C20H27N5O2/c1-21-20(22-10-11-23(2)17-7-4-3-5-8-17)25-14-12-24(13-15-25)19(26)18-9-6-16-27-18/h3-9,16H,10-15H2,1-2H3,(H,21,22). The molecule has 2 heterocycles. The van der Waals surface area contributed by atoms with Crippen LogP contribution in [0, 0.1) is 0 Å². The third-order valence-corrected chi connectivity index (χ3v) is 4.74. The Bertz CT molecular complexity index is 737. The predicted octanol–water partition coefficient (Wildman–Crippen LogP) is 1.75. The highest BCUT2D eigenvalue weighted by atomic mass is 16.3. The fourth-order valence-corrected chi connectivity index (χ4v) is 3.16. The number of anilines is 1. The van der Waals surface area contributed by atoms with Crippen molar-refractivity contribution in [2.75, 3.05) is 58.3 Å². The molecule has 1 aromatic heterocycles. The van der Waals surface area contributed by atoms with Crippen molar-refractivity contribution in [3.05, 3.63) is 54.5 Å². The minimum absolute atomic E-state index is 0.0490. The molecule has 144 valence electrons. The number of piperazine rings is 1. The lowest BCUT2D eigenvalue weighted by Crippen LogP contribution is -2.54. The fraction of sp³-hybridized carbons (Fsp3) is 0.400. The monoisotopic (exact) mass is 369 g/mol. The molecule has 3 rings (SSSR count). The largest absolute Gasteiger partial charge is 0.459 e. The molecule has 7 nitrogen and oxygen atoms in total. The minimum atomic E-state index is -0.0490. The van der Waals surface area contributed by atoms with Crippen LogP contribution in [0.15, 0.2) is 58.1 Å². The third kappa shape index (κ3) is 4.81. The van der Waals surface area contributed by atoms with E-state index in [2.05, 4.69) is 39.3 Å². The molecule has 0 saturated carbocycles. The number of nitrogens with one attached hydrogen (secondary N) is 1. The molecule has 1 aliphatic heterocycles. The summed E-state index contributed by atoms with van der Waals surface area (Å²) < 4.78 is 5.21. The first kappa shape index (κ1) is 18.8. The Balaban J connectivity index is 1.44. The van der Waals surface area contributed by atoms with Gasteiger partial charge in [-0.3, -0.25) is 9.79 Å². The molecule has 2 aromatic rings. The smallest absolute Gasteiger partial charge is 0.289 e. The summed E-state index contributed by atoms with van der Waals surface area (Å²) in [6, 6.07) is 13.8. The molecule has 7 heteroatoms. The summed E-state index contributed by atoms with van der Waals surface area (Å²) in [5.74, 6) is 1.23. The highest BCUT2D eigenvalue weighted by molar-refractivity contribution is 5.91. The number of amides is 1. The minimum Gasteiger partial charge on any atom is -0.459 e. The van der Waals surface area contributed by atoms with Gasteiger partial charge in [0.25, 0.3) is 5.91 Å². The van der Waals surface area contributed by atoms with Gasteiger partial charge in [0.15, 0.2) is 11.7 Å². The molecule has 1 aliphatic rings. The van der Waals surface area contributed by atoms with Crippen molar-refractivity contribution in [2.24, 2.45) is 4.99 Å².